The number of aldehydes is 1. The lowest BCUT2D eigenvalue weighted by atomic mass is 10.2. The summed E-state index contributed by atoms with van der Waals surface area (Å²) in [6.07, 6.45) is 2.51. The van der Waals surface area contributed by atoms with E-state index in [4.69, 9.17) is 4.84 Å². The minimum absolute atomic E-state index is 0.300. The zero-order valence-electron chi connectivity index (χ0n) is 7.22. The van der Waals surface area contributed by atoms with E-state index in [1.807, 2.05) is 30.3 Å². The lowest BCUT2D eigenvalue weighted by molar-refractivity contribution is -0.106. The molecule has 0 heterocycles. The molecule has 0 spiro atoms. The van der Waals surface area contributed by atoms with E-state index in [1.54, 1.807) is 0 Å². The largest absolute Gasteiger partial charge is 0.391 e. The SMILES string of the molecule is O=CC/C=N/OCc1ccccc1. The minimum atomic E-state index is 0.300. The summed E-state index contributed by atoms with van der Waals surface area (Å²) in [6, 6.07) is 9.73. The summed E-state index contributed by atoms with van der Waals surface area (Å²) in [5.74, 6) is 0. The van der Waals surface area contributed by atoms with E-state index in [2.05, 4.69) is 5.16 Å². The lowest BCUT2D eigenvalue weighted by Gasteiger charge is -1.97. The van der Waals surface area contributed by atoms with E-state index >= 15 is 0 Å². The molecular formula is C10H11NO2. The Balaban J connectivity index is 2.24. The standard InChI is InChI=1S/C10H11NO2/c12-8-4-7-11-13-9-10-5-2-1-3-6-10/h1-3,5-8H,4,9H2/b11-7+. The number of rotatable bonds is 5. The average Bonchev–Trinajstić information content (AvgIpc) is 2.19. The van der Waals surface area contributed by atoms with E-state index in [0.29, 0.717) is 13.0 Å². The van der Waals surface area contributed by atoms with E-state index in [9.17, 15) is 4.79 Å². The first-order valence-corrected chi connectivity index (χ1v) is 4.05. The van der Waals surface area contributed by atoms with Crippen LogP contribution in [0.4, 0.5) is 0 Å². The summed E-state index contributed by atoms with van der Waals surface area (Å²) in [4.78, 5) is 14.8. The number of oxime groups is 1. The van der Waals surface area contributed by atoms with Gasteiger partial charge in [-0.3, -0.25) is 0 Å². The fourth-order valence-electron chi connectivity index (χ4n) is 0.825. The van der Waals surface area contributed by atoms with Crippen LogP contribution in [0.1, 0.15) is 12.0 Å². The highest BCUT2D eigenvalue weighted by Crippen LogP contribution is 1.99. The Kier molecular flexibility index (Phi) is 4.32. The third-order valence-corrected chi connectivity index (χ3v) is 1.42. The molecule has 1 rings (SSSR count). The Morgan fingerprint density at radius 1 is 1.31 bits per heavy atom. The number of carbonyl (C=O) groups is 1. The molecule has 0 aliphatic carbocycles. The van der Waals surface area contributed by atoms with Crippen molar-refractivity contribution < 1.29 is 9.63 Å². The molecular weight excluding hydrogens is 166 g/mol. The van der Waals surface area contributed by atoms with Crippen LogP contribution < -0.4 is 0 Å². The van der Waals surface area contributed by atoms with E-state index in [-0.39, 0.29) is 0 Å². The molecule has 0 atom stereocenters. The summed E-state index contributed by atoms with van der Waals surface area (Å²) in [5, 5.41) is 3.60. The smallest absolute Gasteiger partial charge is 0.142 e. The predicted molar refractivity (Wildman–Crippen MR) is 50.4 cm³/mol. The molecule has 0 saturated carbocycles. The number of benzene rings is 1. The van der Waals surface area contributed by atoms with Gasteiger partial charge in [0.1, 0.15) is 12.9 Å². The first-order valence-electron chi connectivity index (χ1n) is 4.05. The normalized spacial score (nSPS) is 10.2. The van der Waals surface area contributed by atoms with Crippen molar-refractivity contribution in [1.29, 1.82) is 0 Å². The number of carbonyl (C=O) groups excluding carboxylic acids is 1. The van der Waals surface area contributed by atoms with Gasteiger partial charge in [0.2, 0.25) is 0 Å². The fourth-order valence-corrected chi connectivity index (χ4v) is 0.825. The Bertz CT molecular complexity index is 270. The van der Waals surface area contributed by atoms with Gasteiger partial charge < -0.3 is 9.63 Å². The van der Waals surface area contributed by atoms with Gasteiger partial charge in [-0.1, -0.05) is 35.5 Å². The van der Waals surface area contributed by atoms with Crippen LogP contribution in [0, 0.1) is 0 Å². The summed E-state index contributed by atoms with van der Waals surface area (Å²) in [6.45, 7) is 0.441. The molecule has 13 heavy (non-hydrogen) atoms. The highest BCUT2D eigenvalue weighted by molar-refractivity contribution is 5.75. The van der Waals surface area contributed by atoms with Crippen LogP contribution in [0.15, 0.2) is 35.5 Å². The lowest BCUT2D eigenvalue weighted by Crippen LogP contribution is -1.86. The Labute approximate surface area is 77.0 Å². The van der Waals surface area contributed by atoms with Gasteiger partial charge in [0.05, 0.1) is 6.21 Å². The third kappa shape index (κ3) is 4.06. The molecule has 3 heteroatoms. The number of hydrogen-bond acceptors (Lipinski definition) is 3. The zero-order valence-corrected chi connectivity index (χ0v) is 7.22. The van der Waals surface area contributed by atoms with Crippen LogP contribution in [0.2, 0.25) is 0 Å². The van der Waals surface area contributed by atoms with Gasteiger partial charge in [-0.25, -0.2) is 0 Å². The van der Waals surface area contributed by atoms with Gasteiger partial charge in [0.25, 0.3) is 0 Å². The quantitative estimate of drug-likeness (QED) is 0.390. The van der Waals surface area contributed by atoms with Crippen molar-refractivity contribution in [2.75, 3.05) is 0 Å². The van der Waals surface area contributed by atoms with Crippen molar-refractivity contribution in [1.82, 2.24) is 0 Å². The van der Waals surface area contributed by atoms with E-state index < -0.39 is 0 Å². The molecule has 1 aromatic rings. The Hall–Kier alpha value is -1.64. The van der Waals surface area contributed by atoms with Crippen LogP contribution in [0.3, 0.4) is 0 Å². The molecule has 0 radical (unpaired) electrons. The molecule has 1 aromatic carbocycles. The molecule has 0 bridgehead atoms. The van der Waals surface area contributed by atoms with Crippen LogP contribution >= 0.6 is 0 Å². The van der Waals surface area contributed by atoms with Crippen molar-refractivity contribution in [3.05, 3.63) is 35.9 Å². The predicted octanol–water partition coefficient (Wildman–Crippen LogP) is 1.78. The average molecular weight is 177 g/mol. The maximum atomic E-state index is 9.89. The molecule has 0 aliphatic heterocycles. The maximum absolute atomic E-state index is 9.89. The Morgan fingerprint density at radius 2 is 2.08 bits per heavy atom. The van der Waals surface area contributed by atoms with Crippen LogP contribution in [0.5, 0.6) is 0 Å². The van der Waals surface area contributed by atoms with Gasteiger partial charge >= 0.3 is 0 Å². The first kappa shape index (κ1) is 9.45. The van der Waals surface area contributed by atoms with Gasteiger partial charge in [0.15, 0.2) is 0 Å². The minimum Gasteiger partial charge on any atom is -0.391 e. The second kappa shape index (κ2) is 5.94. The monoisotopic (exact) mass is 177 g/mol. The van der Waals surface area contributed by atoms with Crippen molar-refractivity contribution in [3.63, 3.8) is 0 Å². The van der Waals surface area contributed by atoms with Crippen molar-refractivity contribution >= 4 is 12.5 Å². The highest BCUT2D eigenvalue weighted by atomic mass is 16.6. The molecule has 68 valence electrons. The molecule has 0 fully saturated rings. The second-order valence-corrected chi connectivity index (χ2v) is 2.45. The van der Waals surface area contributed by atoms with Crippen molar-refractivity contribution in [3.8, 4) is 0 Å². The third-order valence-electron chi connectivity index (χ3n) is 1.42. The van der Waals surface area contributed by atoms with Crippen LogP contribution in [-0.4, -0.2) is 12.5 Å². The fraction of sp³-hybridized carbons (Fsp3) is 0.200. The topological polar surface area (TPSA) is 38.7 Å². The van der Waals surface area contributed by atoms with Crippen molar-refractivity contribution in [2.24, 2.45) is 5.16 Å². The van der Waals surface area contributed by atoms with Gasteiger partial charge in [-0.05, 0) is 5.56 Å². The van der Waals surface area contributed by atoms with Crippen LogP contribution in [-0.2, 0) is 16.2 Å². The molecule has 0 aromatic heterocycles. The summed E-state index contributed by atoms with van der Waals surface area (Å²) < 4.78 is 0. The number of nitrogens with zero attached hydrogens (tertiary/aromatic N) is 1. The molecule has 0 unspecified atom stereocenters. The molecule has 0 N–H and O–H groups in total. The number of hydrogen-bond donors (Lipinski definition) is 0. The molecule has 3 nitrogen and oxygen atoms in total. The highest BCUT2D eigenvalue weighted by Gasteiger charge is 1.88. The summed E-state index contributed by atoms with van der Waals surface area (Å²) in [7, 11) is 0. The summed E-state index contributed by atoms with van der Waals surface area (Å²) in [5.41, 5.74) is 1.06. The summed E-state index contributed by atoms with van der Waals surface area (Å²) >= 11 is 0. The molecule has 0 aliphatic rings. The first-order chi connectivity index (χ1) is 6.43. The maximum Gasteiger partial charge on any atom is 0.142 e. The molecule has 0 saturated heterocycles. The van der Waals surface area contributed by atoms with E-state index in [0.717, 1.165) is 11.8 Å². The van der Waals surface area contributed by atoms with Gasteiger partial charge in [0, 0.05) is 6.42 Å². The van der Waals surface area contributed by atoms with E-state index in [1.165, 1.54) is 6.21 Å². The zero-order chi connectivity index (χ0) is 9.36. The van der Waals surface area contributed by atoms with Gasteiger partial charge in [-0.2, -0.15) is 0 Å². The molecule has 0 amide bonds. The second-order valence-electron chi connectivity index (χ2n) is 2.45. The Morgan fingerprint density at radius 3 is 2.77 bits per heavy atom. The van der Waals surface area contributed by atoms with Crippen molar-refractivity contribution in [2.45, 2.75) is 13.0 Å². The van der Waals surface area contributed by atoms with Crippen LogP contribution in [0.25, 0.3) is 0 Å². The van der Waals surface area contributed by atoms with Gasteiger partial charge in [-0.15, -0.1) is 0 Å².